The van der Waals surface area contributed by atoms with Crippen molar-refractivity contribution >= 4 is 11.7 Å². The van der Waals surface area contributed by atoms with Crippen LogP contribution in [0.15, 0.2) is 53.1 Å². The number of nitrogens with zero attached hydrogens (tertiary/aromatic N) is 3. The Kier molecular flexibility index (Phi) is 5.46. The van der Waals surface area contributed by atoms with E-state index in [9.17, 15) is 4.79 Å². The number of benzene rings is 2. The largest absolute Gasteiger partial charge is 0.497 e. The zero-order valence-electron chi connectivity index (χ0n) is 16.6. The highest BCUT2D eigenvalue weighted by molar-refractivity contribution is 5.89. The second kappa shape index (κ2) is 8.34. The summed E-state index contributed by atoms with van der Waals surface area (Å²) < 4.78 is 10.8. The van der Waals surface area contributed by atoms with Crippen LogP contribution in [0.4, 0.5) is 10.5 Å². The molecule has 29 heavy (non-hydrogen) atoms. The number of amides is 2. The number of aryl methyl sites for hydroxylation is 1. The average molecular weight is 392 g/mol. The van der Waals surface area contributed by atoms with E-state index in [1.807, 2.05) is 60.4 Å². The zero-order chi connectivity index (χ0) is 20.2. The van der Waals surface area contributed by atoms with Crippen LogP contribution in [0.1, 0.15) is 30.2 Å². The molecule has 1 saturated heterocycles. The quantitative estimate of drug-likeness (QED) is 0.709. The maximum atomic E-state index is 12.5. The molecule has 3 aromatic rings. The number of urea groups is 1. The molecule has 1 aromatic heterocycles. The smallest absolute Gasteiger partial charge is 0.321 e. The molecule has 0 bridgehead atoms. The Hall–Kier alpha value is -3.35. The second-order valence-electron chi connectivity index (χ2n) is 7.25. The van der Waals surface area contributed by atoms with Gasteiger partial charge in [0.2, 0.25) is 11.7 Å². The van der Waals surface area contributed by atoms with E-state index in [1.54, 1.807) is 7.11 Å². The van der Waals surface area contributed by atoms with E-state index >= 15 is 0 Å². The molecule has 2 heterocycles. The minimum absolute atomic E-state index is 0.0742. The van der Waals surface area contributed by atoms with Gasteiger partial charge in [-0.3, -0.25) is 0 Å². The van der Waals surface area contributed by atoms with E-state index in [0.29, 0.717) is 24.8 Å². The monoisotopic (exact) mass is 392 g/mol. The molecule has 2 amide bonds. The molecule has 0 radical (unpaired) electrons. The van der Waals surface area contributed by atoms with Gasteiger partial charge in [-0.25, -0.2) is 4.79 Å². The van der Waals surface area contributed by atoms with Crippen molar-refractivity contribution in [2.45, 2.75) is 25.7 Å². The van der Waals surface area contributed by atoms with Crippen molar-refractivity contribution in [2.24, 2.45) is 0 Å². The lowest BCUT2D eigenvalue weighted by molar-refractivity contribution is 0.187. The first-order valence-electron chi connectivity index (χ1n) is 9.73. The van der Waals surface area contributed by atoms with Gasteiger partial charge >= 0.3 is 6.03 Å². The van der Waals surface area contributed by atoms with Crippen molar-refractivity contribution in [3.63, 3.8) is 0 Å². The maximum absolute atomic E-state index is 12.5. The molecular formula is C22H24N4O3. The number of hydrogen-bond donors (Lipinski definition) is 1. The molecule has 4 rings (SSSR count). The summed E-state index contributed by atoms with van der Waals surface area (Å²) >= 11 is 0. The summed E-state index contributed by atoms with van der Waals surface area (Å²) in [6, 6.07) is 15.3. The lowest BCUT2D eigenvalue weighted by atomic mass is 9.97. The minimum atomic E-state index is -0.0742. The number of carbonyl (C=O) groups is 1. The van der Waals surface area contributed by atoms with Gasteiger partial charge in [-0.1, -0.05) is 35.0 Å². The predicted molar refractivity (Wildman–Crippen MR) is 110 cm³/mol. The molecule has 0 aliphatic carbocycles. The molecule has 7 nitrogen and oxygen atoms in total. The van der Waals surface area contributed by atoms with E-state index < -0.39 is 0 Å². The third-order valence-electron chi connectivity index (χ3n) is 5.20. The summed E-state index contributed by atoms with van der Waals surface area (Å²) in [4.78, 5) is 18.9. The van der Waals surface area contributed by atoms with Gasteiger partial charge in [-0.15, -0.1) is 0 Å². The van der Waals surface area contributed by atoms with Crippen LogP contribution in [0.5, 0.6) is 5.75 Å². The maximum Gasteiger partial charge on any atom is 0.321 e. The topological polar surface area (TPSA) is 80.5 Å². The summed E-state index contributed by atoms with van der Waals surface area (Å²) in [5.74, 6) is 2.09. The molecule has 1 N–H and O–H groups in total. The van der Waals surface area contributed by atoms with Crippen molar-refractivity contribution < 1.29 is 14.1 Å². The SMILES string of the molecule is COc1cccc(-c2noc(C3CCN(C(=O)Nc4ccc(C)cc4)CC3)n2)c1. The first-order chi connectivity index (χ1) is 14.1. The number of carbonyl (C=O) groups excluding carboxylic acids is 1. The molecular weight excluding hydrogens is 368 g/mol. The Morgan fingerprint density at radius 2 is 1.93 bits per heavy atom. The number of aromatic nitrogens is 2. The van der Waals surface area contributed by atoms with Crippen LogP contribution in [-0.4, -0.2) is 41.3 Å². The van der Waals surface area contributed by atoms with Gasteiger partial charge in [0.1, 0.15) is 5.75 Å². The Labute approximate surface area is 169 Å². The summed E-state index contributed by atoms with van der Waals surface area (Å²) in [6.45, 7) is 3.33. The Morgan fingerprint density at radius 1 is 1.17 bits per heavy atom. The van der Waals surface area contributed by atoms with E-state index in [-0.39, 0.29) is 11.9 Å². The fourth-order valence-electron chi connectivity index (χ4n) is 3.45. The molecule has 7 heteroatoms. The van der Waals surface area contributed by atoms with Gasteiger partial charge in [0.25, 0.3) is 0 Å². The van der Waals surface area contributed by atoms with Crippen molar-refractivity contribution in [2.75, 3.05) is 25.5 Å². The lowest BCUT2D eigenvalue weighted by Crippen LogP contribution is -2.40. The third kappa shape index (κ3) is 4.39. The number of piperidine rings is 1. The highest BCUT2D eigenvalue weighted by Crippen LogP contribution is 2.29. The standard InChI is InChI=1S/C22H24N4O3/c1-15-6-8-18(9-7-15)23-22(27)26-12-10-16(11-13-26)21-24-20(25-29-21)17-4-3-5-19(14-17)28-2/h3-9,14,16H,10-13H2,1-2H3,(H,23,27). The van der Waals surface area contributed by atoms with E-state index in [1.165, 1.54) is 0 Å². The van der Waals surface area contributed by atoms with Gasteiger partial charge in [-0.2, -0.15) is 4.98 Å². The van der Waals surface area contributed by atoms with Gasteiger partial charge in [0.15, 0.2) is 0 Å². The average Bonchev–Trinajstić information content (AvgIpc) is 3.26. The van der Waals surface area contributed by atoms with Crippen molar-refractivity contribution in [3.8, 4) is 17.1 Å². The predicted octanol–water partition coefficient (Wildman–Crippen LogP) is 4.47. The highest BCUT2D eigenvalue weighted by atomic mass is 16.5. The van der Waals surface area contributed by atoms with E-state index in [0.717, 1.165) is 35.4 Å². The molecule has 0 saturated carbocycles. The Balaban J connectivity index is 1.35. The van der Waals surface area contributed by atoms with Crippen molar-refractivity contribution in [3.05, 3.63) is 60.0 Å². The number of nitrogens with one attached hydrogen (secondary N) is 1. The summed E-state index contributed by atoms with van der Waals surface area (Å²) in [5.41, 5.74) is 2.83. The Morgan fingerprint density at radius 3 is 2.66 bits per heavy atom. The number of methoxy groups -OCH3 is 1. The molecule has 0 atom stereocenters. The van der Waals surface area contributed by atoms with Gasteiger partial charge < -0.3 is 19.5 Å². The molecule has 1 aliphatic heterocycles. The fraction of sp³-hybridized carbons (Fsp3) is 0.318. The van der Waals surface area contributed by atoms with Crippen LogP contribution in [0, 0.1) is 6.92 Å². The fourth-order valence-corrected chi connectivity index (χ4v) is 3.45. The van der Waals surface area contributed by atoms with Gasteiger partial charge in [-0.05, 0) is 44.0 Å². The van der Waals surface area contributed by atoms with Crippen LogP contribution in [0.3, 0.4) is 0 Å². The van der Waals surface area contributed by atoms with Crippen LogP contribution >= 0.6 is 0 Å². The van der Waals surface area contributed by atoms with Crippen molar-refractivity contribution in [1.29, 1.82) is 0 Å². The second-order valence-corrected chi connectivity index (χ2v) is 7.25. The molecule has 150 valence electrons. The molecule has 2 aromatic carbocycles. The van der Waals surface area contributed by atoms with E-state index in [4.69, 9.17) is 9.26 Å². The van der Waals surface area contributed by atoms with Crippen LogP contribution in [0.25, 0.3) is 11.4 Å². The number of hydrogen-bond acceptors (Lipinski definition) is 5. The summed E-state index contributed by atoms with van der Waals surface area (Å²) in [5, 5.41) is 7.07. The molecule has 1 aliphatic rings. The highest BCUT2D eigenvalue weighted by Gasteiger charge is 2.27. The molecule has 1 fully saturated rings. The van der Waals surface area contributed by atoms with Crippen LogP contribution in [0.2, 0.25) is 0 Å². The van der Waals surface area contributed by atoms with E-state index in [2.05, 4.69) is 15.5 Å². The summed E-state index contributed by atoms with van der Waals surface area (Å²) in [7, 11) is 1.63. The molecule has 0 spiro atoms. The van der Waals surface area contributed by atoms with Crippen LogP contribution < -0.4 is 10.1 Å². The number of anilines is 1. The Bertz CT molecular complexity index is 976. The first kappa shape index (κ1) is 19.0. The van der Waals surface area contributed by atoms with Gasteiger partial charge in [0, 0.05) is 30.3 Å². The minimum Gasteiger partial charge on any atom is -0.497 e. The van der Waals surface area contributed by atoms with Crippen LogP contribution in [-0.2, 0) is 0 Å². The molecule has 0 unspecified atom stereocenters. The van der Waals surface area contributed by atoms with Crippen molar-refractivity contribution in [1.82, 2.24) is 15.0 Å². The van der Waals surface area contributed by atoms with Gasteiger partial charge in [0.05, 0.1) is 7.11 Å². The zero-order valence-corrected chi connectivity index (χ0v) is 16.6. The normalized spacial score (nSPS) is 14.6. The first-order valence-corrected chi connectivity index (χ1v) is 9.73. The third-order valence-corrected chi connectivity index (χ3v) is 5.20. The number of likely N-dealkylation sites (tertiary alicyclic amines) is 1. The summed E-state index contributed by atoms with van der Waals surface area (Å²) in [6.07, 6.45) is 1.59. The number of ether oxygens (including phenoxy) is 1. The lowest BCUT2D eigenvalue weighted by Gasteiger charge is -2.30. The number of rotatable bonds is 4.